The molecule has 1 aliphatic rings. The highest BCUT2D eigenvalue weighted by atomic mass is 16.5. The third-order valence-corrected chi connectivity index (χ3v) is 3.60. The largest absolute Gasteiger partial charge is 0.497 e. The van der Waals surface area contributed by atoms with E-state index in [1.54, 1.807) is 7.11 Å². The maximum Gasteiger partial charge on any atom is 0.119 e. The molecule has 0 aliphatic heterocycles. The van der Waals surface area contributed by atoms with Crippen molar-refractivity contribution < 1.29 is 4.74 Å². The summed E-state index contributed by atoms with van der Waals surface area (Å²) in [5.41, 5.74) is 6.69. The van der Waals surface area contributed by atoms with Gasteiger partial charge in [-0.05, 0) is 52.9 Å². The second kappa shape index (κ2) is 4.05. The summed E-state index contributed by atoms with van der Waals surface area (Å²) >= 11 is 0. The van der Waals surface area contributed by atoms with E-state index in [4.69, 9.17) is 4.74 Å². The van der Waals surface area contributed by atoms with Crippen molar-refractivity contribution in [1.29, 1.82) is 0 Å². The second-order valence-electron chi connectivity index (χ2n) is 4.94. The Bertz CT molecular complexity index is 602. The van der Waals surface area contributed by atoms with E-state index in [1.807, 2.05) is 6.07 Å². The van der Waals surface area contributed by atoms with E-state index in [0.29, 0.717) is 0 Å². The lowest BCUT2D eigenvalue weighted by atomic mass is 10.0. The highest BCUT2D eigenvalue weighted by molar-refractivity contribution is 5.80. The highest BCUT2D eigenvalue weighted by Crippen LogP contribution is 2.40. The Balaban J connectivity index is 2.15. The highest BCUT2D eigenvalue weighted by Gasteiger charge is 2.19. The summed E-state index contributed by atoms with van der Waals surface area (Å²) < 4.78 is 5.32. The lowest BCUT2D eigenvalue weighted by molar-refractivity contribution is 0.415. The molecule has 2 aromatic rings. The molecule has 0 saturated heterocycles. The van der Waals surface area contributed by atoms with Gasteiger partial charge >= 0.3 is 0 Å². The predicted molar refractivity (Wildman–Crippen MR) is 75.6 cm³/mol. The van der Waals surface area contributed by atoms with Crippen LogP contribution >= 0.6 is 0 Å². The summed E-state index contributed by atoms with van der Waals surface area (Å²) in [6, 6.07) is 13.0. The zero-order chi connectivity index (χ0) is 12.7. The van der Waals surface area contributed by atoms with Crippen LogP contribution in [-0.2, 0) is 6.42 Å². The van der Waals surface area contributed by atoms with Crippen molar-refractivity contribution >= 4 is 5.69 Å². The molecule has 2 heteroatoms. The summed E-state index contributed by atoms with van der Waals surface area (Å²) in [6.45, 7) is 0. The number of nitrogens with zero attached hydrogens (tertiary/aromatic N) is 1. The van der Waals surface area contributed by atoms with E-state index in [0.717, 1.165) is 12.2 Å². The Morgan fingerprint density at radius 2 is 1.61 bits per heavy atom. The lowest BCUT2D eigenvalue weighted by Crippen LogP contribution is -2.08. The van der Waals surface area contributed by atoms with Crippen molar-refractivity contribution in [3.05, 3.63) is 47.5 Å². The smallest absolute Gasteiger partial charge is 0.119 e. The second-order valence-corrected chi connectivity index (χ2v) is 4.94. The minimum atomic E-state index is 0.928. The molecule has 0 fully saturated rings. The standard InChI is InChI=1S/C16H17NO/c1-17(2)13-6-4-11-8-12-5-7-14(18-3)10-16(12)15(11)9-13/h4-7,9-10H,8H2,1-3H3. The minimum absolute atomic E-state index is 0.928. The summed E-state index contributed by atoms with van der Waals surface area (Å²) in [7, 11) is 5.86. The molecule has 2 aromatic carbocycles. The maximum atomic E-state index is 5.32. The quantitative estimate of drug-likeness (QED) is 0.680. The zero-order valence-electron chi connectivity index (χ0n) is 11.0. The van der Waals surface area contributed by atoms with Gasteiger partial charge in [0.1, 0.15) is 5.75 Å². The fraction of sp³-hybridized carbons (Fsp3) is 0.250. The van der Waals surface area contributed by atoms with Crippen molar-refractivity contribution in [2.45, 2.75) is 6.42 Å². The number of anilines is 1. The average Bonchev–Trinajstić information content (AvgIpc) is 2.75. The van der Waals surface area contributed by atoms with Gasteiger partial charge in [0.15, 0.2) is 0 Å². The third kappa shape index (κ3) is 1.65. The molecule has 0 radical (unpaired) electrons. The van der Waals surface area contributed by atoms with Crippen LogP contribution in [0.15, 0.2) is 36.4 Å². The number of hydrogen-bond donors (Lipinski definition) is 0. The van der Waals surface area contributed by atoms with Gasteiger partial charge in [0, 0.05) is 19.8 Å². The van der Waals surface area contributed by atoms with Crippen LogP contribution in [0.2, 0.25) is 0 Å². The fourth-order valence-corrected chi connectivity index (χ4v) is 2.54. The molecule has 3 rings (SSSR count). The van der Waals surface area contributed by atoms with E-state index in [2.05, 4.69) is 49.3 Å². The molecule has 0 N–H and O–H groups in total. The normalized spacial score (nSPS) is 11.9. The Labute approximate surface area is 108 Å². The first-order valence-corrected chi connectivity index (χ1v) is 6.16. The van der Waals surface area contributed by atoms with Crippen LogP contribution in [0.5, 0.6) is 5.75 Å². The zero-order valence-corrected chi connectivity index (χ0v) is 11.0. The molecule has 0 unspecified atom stereocenters. The van der Waals surface area contributed by atoms with Gasteiger partial charge in [-0.2, -0.15) is 0 Å². The van der Waals surface area contributed by atoms with E-state index in [1.165, 1.54) is 27.9 Å². The Morgan fingerprint density at radius 1 is 0.944 bits per heavy atom. The van der Waals surface area contributed by atoms with Crippen molar-refractivity contribution in [3.63, 3.8) is 0 Å². The monoisotopic (exact) mass is 239 g/mol. The molecular formula is C16H17NO. The van der Waals surface area contributed by atoms with Crippen molar-refractivity contribution in [2.24, 2.45) is 0 Å². The van der Waals surface area contributed by atoms with Gasteiger partial charge in [-0.1, -0.05) is 12.1 Å². The SMILES string of the molecule is COc1ccc2c(c1)-c1cc(N(C)C)ccc1C2. The molecule has 0 aromatic heterocycles. The Morgan fingerprint density at radius 3 is 2.28 bits per heavy atom. The topological polar surface area (TPSA) is 12.5 Å². The van der Waals surface area contributed by atoms with Gasteiger partial charge in [0.05, 0.1) is 7.11 Å². The number of ether oxygens (including phenoxy) is 1. The van der Waals surface area contributed by atoms with Gasteiger partial charge in [-0.25, -0.2) is 0 Å². The summed E-state index contributed by atoms with van der Waals surface area (Å²) in [5.74, 6) is 0.928. The van der Waals surface area contributed by atoms with E-state index in [-0.39, 0.29) is 0 Å². The molecule has 0 amide bonds. The van der Waals surface area contributed by atoms with Crippen molar-refractivity contribution in [1.82, 2.24) is 0 Å². The molecule has 18 heavy (non-hydrogen) atoms. The van der Waals surface area contributed by atoms with Crippen LogP contribution in [0.25, 0.3) is 11.1 Å². The number of hydrogen-bond acceptors (Lipinski definition) is 2. The van der Waals surface area contributed by atoms with Gasteiger partial charge in [-0.3, -0.25) is 0 Å². The molecule has 0 bridgehead atoms. The fourth-order valence-electron chi connectivity index (χ4n) is 2.54. The molecule has 2 nitrogen and oxygen atoms in total. The van der Waals surface area contributed by atoms with Crippen molar-refractivity contribution in [2.75, 3.05) is 26.1 Å². The van der Waals surface area contributed by atoms with Gasteiger partial charge in [-0.15, -0.1) is 0 Å². The third-order valence-electron chi connectivity index (χ3n) is 3.60. The van der Waals surface area contributed by atoms with E-state index < -0.39 is 0 Å². The average molecular weight is 239 g/mol. The van der Waals surface area contributed by atoms with Gasteiger partial charge < -0.3 is 9.64 Å². The van der Waals surface area contributed by atoms with Gasteiger partial charge in [0.2, 0.25) is 0 Å². The summed E-state index contributed by atoms with van der Waals surface area (Å²) in [4.78, 5) is 2.14. The molecule has 0 heterocycles. The van der Waals surface area contributed by atoms with Crippen LogP contribution in [0, 0.1) is 0 Å². The molecule has 0 atom stereocenters. The molecule has 92 valence electrons. The van der Waals surface area contributed by atoms with E-state index in [9.17, 15) is 0 Å². The Hall–Kier alpha value is -1.96. The lowest BCUT2D eigenvalue weighted by Gasteiger charge is -2.14. The summed E-state index contributed by atoms with van der Waals surface area (Å²) in [6.07, 6.45) is 1.03. The molecule has 0 spiro atoms. The number of methoxy groups -OCH3 is 1. The Kier molecular flexibility index (Phi) is 2.51. The van der Waals surface area contributed by atoms with Crippen LogP contribution in [0.1, 0.15) is 11.1 Å². The minimum Gasteiger partial charge on any atom is -0.497 e. The number of rotatable bonds is 2. The van der Waals surface area contributed by atoms with E-state index >= 15 is 0 Å². The number of benzene rings is 2. The van der Waals surface area contributed by atoms with Gasteiger partial charge in [0.25, 0.3) is 0 Å². The van der Waals surface area contributed by atoms with Crippen LogP contribution in [-0.4, -0.2) is 21.2 Å². The van der Waals surface area contributed by atoms with Crippen LogP contribution < -0.4 is 9.64 Å². The first-order valence-electron chi connectivity index (χ1n) is 6.16. The number of fused-ring (bicyclic) bond motifs is 3. The predicted octanol–water partition coefficient (Wildman–Crippen LogP) is 3.33. The summed E-state index contributed by atoms with van der Waals surface area (Å²) in [5, 5.41) is 0. The molecule has 1 aliphatic carbocycles. The molecular weight excluding hydrogens is 222 g/mol. The van der Waals surface area contributed by atoms with Crippen LogP contribution in [0.3, 0.4) is 0 Å². The van der Waals surface area contributed by atoms with Crippen molar-refractivity contribution in [3.8, 4) is 16.9 Å². The first-order chi connectivity index (χ1) is 8.69. The first kappa shape index (κ1) is 11.1. The maximum absolute atomic E-state index is 5.32. The molecule has 0 saturated carbocycles. The van der Waals surface area contributed by atoms with Crippen LogP contribution in [0.4, 0.5) is 5.69 Å².